The third-order valence-electron chi connectivity index (χ3n) is 3.54. The van der Waals surface area contributed by atoms with Crippen molar-refractivity contribution >= 4 is 0 Å². The lowest BCUT2D eigenvalue weighted by Crippen LogP contribution is -2.22. The van der Waals surface area contributed by atoms with Crippen LogP contribution in [-0.4, -0.2) is 23.4 Å². The van der Waals surface area contributed by atoms with Crippen molar-refractivity contribution in [3.05, 3.63) is 59.7 Å². The molecular formula is C18H23NO3. The van der Waals surface area contributed by atoms with Gasteiger partial charge in [-0.25, -0.2) is 0 Å². The molecule has 3 N–H and O–H groups in total. The second-order valence-corrected chi connectivity index (χ2v) is 5.05. The predicted molar refractivity (Wildman–Crippen MR) is 87.0 cm³/mol. The number of phenols is 1. The Balaban J connectivity index is 2.08. The van der Waals surface area contributed by atoms with Crippen LogP contribution in [0.1, 0.15) is 30.5 Å². The molecule has 0 aliphatic heterocycles. The number of hydrogen-bond donors (Lipinski definition) is 3. The molecule has 0 saturated carbocycles. The highest BCUT2D eigenvalue weighted by molar-refractivity contribution is 5.45. The van der Waals surface area contributed by atoms with E-state index in [-0.39, 0.29) is 18.4 Å². The van der Waals surface area contributed by atoms with Crippen LogP contribution in [0, 0.1) is 0 Å². The van der Waals surface area contributed by atoms with Crippen molar-refractivity contribution in [3.8, 4) is 11.5 Å². The first-order valence-electron chi connectivity index (χ1n) is 7.59. The molecule has 2 rings (SSSR count). The molecule has 4 heteroatoms. The summed E-state index contributed by atoms with van der Waals surface area (Å²) in [4.78, 5) is 0. The minimum absolute atomic E-state index is 0.0429. The molecule has 0 spiro atoms. The van der Waals surface area contributed by atoms with Crippen molar-refractivity contribution < 1.29 is 14.9 Å². The van der Waals surface area contributed by atoms with E-state index in [1.54, 1.807) is 6.07 Å². The molecule has 0 fully saturated rings. The second-order valence-electron chi connectivity index (χ2n) is 5.05. The molecule has 0 radical (unpaired) electrons. The van der Waals surface area contributed by atoms with Crippen molar-refractivity contribution in [2.45, 2.75) is 25.9 Å². The number of hydrogen-bond acceptors (Lipinski definition) is 4. The van der Waals surface area contributed by atoms with Gasteiger partial charge in [0.2, 0.25) is 0 Å². The van der Waals surface area contributed by atoms with Crippen LogP contribution in [-0.2, 0) is 6.54 Å². The zero-order chi connectivity index (χ0) is 15.8. The largest absolute Gasteiger partial charge is 0.504 e. The second kappa shape index (κ2) is 8.41. The Kier molecular flexibility index (Phi) is 6.25. The molecule has 4 nitrogen and oxygen atoms in total. The summed E-state index contributed by atoms with van der Waals surface area (Å²) in [7, 11) is 0. The molecule has 2 aromatic rings. The first-order valence-corrected chi connectivity index (χ1v) is 7.59. The highest BCUT2D eigenvalue weighted by Gasteiger charge is 2.13. The van der Waals surface area contributed by atoms with Crippen LogP contribution in [0.4, 0.5) is 0 Å². The van der Waals surface area contributed by atoms with E-state index in [0.29, 0.717) is 25.3 Å². The fraction of sp³-hybridized carbons (Fsp3) is 0.333. The number of nitrogens with one attached hydrogen (secondary N) is 1. The number of ether oxygens (including phenoxy) is 1. The summed E-state index contributed by atoms with van der Waals surface area (Å²) in [5, 5.41) is 22.9. The molecule has 2 aromatic carbocycles. The Hall–Kier alpha value is -2.04. The van der Waals surface area contributed by atoms with Crippen molar-refractivity contribution in [2.24, 2.45) is 0 Å². The molecule has 0 amide bonds. The van der Waals surface area contributed by atoms with Gasteiger partial charge >= 0.3 is 0 Å². The van der Waals surface area contributed by atoms with Gasteiger partial charge < -0.3 is 20.3 Å². The first-order chi connectivity index (χ1) is 10.8. The van der Waals surface area contributed by atoms with Crippen LogP contribution in [0.25, 0.3) is 0 Å². The third kappa shape index (κ3) is 4.23. The summed E-state index contributed by atoms with van der Waals surface area (Å²) >= 11 is 0. The minimum atomic E-state index is 0.0429. The number of aliphatic hydroxyl groups excluding tert-OH is 1. The van der Waals surface area contributed by atoms with Crippen LogP contribution in [0.5, 0.6) is 11.5 Å². The van der Waals surface area contributed by atoms with E-state index in [1.165, 1.54) is 0 Å². The molecule has 0 saturated heterocycles. The Labute approximate surface area is 131 Å². The van der Waals surface area contributed by atoms with Gasteiger partial charge in [-0.1, -0.05) is 42.5 Å². The number of aromatic hydroxyl groups is 1. The number of phenolic OH excluding ortho intramolecular Hbond substituents is 1. The summed E-state index contributed by atoms with van der Waals surface area (Å²) < 4.78 is 5.40. The number of benzene rings is 2. The predicted octanol–water partition coefficient (Wildman–Crippen LogP) is 3.00. The van der Waals surface area contributed by atoms with Crippen molar-refractivity contribution in [1.82, 2.24) is 5.32 Å². The van der Waals surface area contributed by atoms with Gasteiger partial charge in [0, 0.05) is 24.8 Å². The van der Waals surface area contributed by atoms with Gasteiger partial charge in [-0.3, -0.25) is 0 Å². The quantitative estimate of drug-likeness (QED) is 0.701. The van der Waals surface area contributed by atoms with E-state index in [1.807, 2.05) is 49.4 Å². The van der Waals surface area contributed by atoms with E-state index >= 15 is 0 Å². The third-order valence-corrected chi connectivity index (χ3v) is 3.54. The maximum Gasteiger partial charge on any atom is 0.162 e. The summed E-state index contributed by atoms with van der Waals surface area (Å²) in [6, 6.07) is 15.5. The average molecular weight is 301 g/mol. The summed E-state index contributed by atoms with van der Waals surface area (Å²) in [5.74, 6) is 0.674. The normalized spacial score (nSPS) is 12.1. The lowest BCUT2D eigenvalue weighted by molar-refractivity contribution is 0.264. The zero-order valence-electron chi connectivity index (χ0n) is 12.8. The molecule has 0 aromatic heterocycles. The average Bonchev–Trinajstić information content (AvgIpc) is 2.55. The Morgan fingerprint density at radius 2 is 1.86 bits per heavy atom. The van der Waals surface area contributed by atoms with E-state index in [2.05, 4.69) is 5.32 Å². The van der Waals surface area contributed by atoms with Crippen LogP contribution in [0.2, 0.25) is 0 Å². The maximum absolute atomic E-state index is 10.2. The molecule has 1 atom stereocenters. The number of aliphatic hydroxyl groups is 1. The van der Waals surface area contributed by atoms with Crippen LogP contribution < -0.4 is 10.1 Å². The summed E-state index contributed by atoms with van der Waals surface area (Å²) in [6.45, 7) is 3.02. The van der Waals surface area contributed by atoms with E-state index < -0.39 is 0 Å². The fourth-order valence-electron chi connectivity index (χ4n) is 2.42. The van der Waals surface area contributed by atoms with Crippen molar-refractivity contribution in [1.29, 1.82) is 0 Å². The zero-order valence-corrected chi connectivity index (χ0v) is 12.8. The van der Waals surface area contributed by atoms with E-state index in [9.17, 15) is 10.2 Å². The van der Waals surface area contributed by atoms with E-state index in [0.717, 1.165) is 11.1 Å². The SMILES string of the molecule is CCOc1cccc(CN[C@H](CCO)c2ccccc2)c1O. The van der Waals surface area contributed by atoms with Crippen LogP contribution in [0.3, 0.4) is 0 Å². The molecular weight excluding hydrogens is 278 g/mol. The smallest absolute Gasteiger partial charge is 0.162 e. The Morgan fingerprint density at radius 3 is 2.55 bits per heavy atom. The van der Waals surface area contributed by atoms with Gasteiger partial charge in [0.05, 0.1) is 6.61 Å². The van der Waals surface area contributed by atoms with Crippen LogP contribution in [0.15, 0.2) is 48.5 Å². The van der Waals surface area contributed by atoms with Crippen molar-refractivity contribution in [3.63, 3.8) is 0 Å². The Bertz CT molecular complexity index is 572. The van der Waals surface area contributed by atoms with Gasteiger partial charge in [0.25, 0.3) is 0 Å². The molecule has 0 heterocycles. The standard InChI is InChI=1S/C18H23NO3/c1-2-22-17-10-6-9-15(18(17)21)13-19-16(11-12-20)14-7-4-3-5-8-14/h3-10,16,19-21H,2,11-13H2,1H3/t16-/m1/s1. The molecule has 22 heavy (non-hydrogen) atoms. The Morgan fingerprint density at radius 1 is 1.09 bits per heavy atom. The topological polar surface area (TPSA) is 61.7 Å². The summed E-state index contributed by atoms with van der Waals surface area (Å²) in [6.07, 6.45) is 0.621. The minimum Gasteiger partial charge on any atom is -0.504 e. The number of rotatable bonds is 8. The molecule has 0 unspecified atom stereocenters. The first kappa shape index (κ1) is 16.3. The molecule has 0 bridgehead atoms. The molecule has 0 aliphatic carbocycles. The molecule has 0 aliphatic rings. The number of para-hydroxylation sites is 1. The van der Waals surface area contributed by atoms with E-state index in [4.69, 9.17) is 4.74 Å². The maximum atomic E-state index is 10.2. The fourth-order valence-corrected chi connectivity index (χ4v) is 2.42. The van der Waals surface area contributed by atoms with Gasteiger partial charge in [-0.05, 0) is 25.0 Å². The highest BCUT2D eigenvalue weighted by Crippen LogP contribution is 2.30. The lowest BCUT2D eigenvalue weighted by atomic mass is 10.0. The summed E-state index contributed by atoms with van der Waals surface area (Å²) in [5.41, 5.74) is 1.90. The molecule has 118 valence electrons. The highest BCUT2D eigenvalue weighted by atomic mass is 16.5. The van der Waals surface area contributed by atoms with Crippen molar-refractivity contribution in [2.75, 3.05) is 13.2 Å². The monoisotopic (exact) mass is 301 g/mol. The lowest BCUT2D eigenvalue weighted by Gasteiger charge is -2.19. The van der Waals surface area contributed by atoms with Crippen LogP contribution >= 0.6 is 0 Å². The van der Waals surface area contributed by atoms with Gasteiger partial charge in [0.15, 0.2) is 11.5 Å². The van der Waals surface area contributed by atoms with Gasteiger partial charge in [-0.15, -0.1) is 0 Å². The van der Waals surface area contributed by atoms with Gasteiger partial charge in [0.1, 0.15) is 0 Å². The van der Waals surface area contributed by atoms with Gasteiger partial charge in [-0.2, -0.15) is 0 Å².